The van der Waals surface area contributed by atoms with Gasteiger partial charge in [0, 0.05) is 10.2 Å². The minimum absolute atomic E-state index is 0.160. The van der Waals surface area contributed by atoms with Crippen LogP contribution >= 0.6 is 23.4 Å². The van der Waals surface area contributed by atoms with Gasteiger partial charge in [-0.15, -0.1) is 5.10 Å². The Labute approximate surface area is 154 Å². The Morgan fingerprint density at radius 1 is 1.20 bits per heavy atom. The molecule has 2 aliphatic heterocycles. The maximum atomic E-state index is 12.8. The maximum absolute atomic E-state index is 12.8. The molecule has 2 aliphatic rings. The lowest BCUT2D eigenvalue weighted by molar-refractivity contribution is -0.116. The number of nitrogens with zero attached hydrogens (tertiary/aromatic N) is 3. The minimum Gasteiger partial charge on any atom is -0.298 e. The molecular weight excluding hydrogens is 356 g/mol. The molecule has 2 aromatic rings. The number of amidine groups is 1. The molecule has 2 heterocycles. The van der Waals surface area contributed by atoms with Gasteiger partial charge >= 0.3 is 0 Å². The molecule has 126 valence electrons. The zero-order valence-electron chi connectivity index (χ0n) is 13.4. The van der Waals surface area contributed by atoms with E-state index in [0.717, 1.165) is 21.9 Å². The van der Waals surface area contributed by atoms with Gasteiger partial charge in [-0.25, -0.2) is 5.01 Å². The normalized spacial score (nSPS) is 18.7. The van der Waals surface area contributed by atoms with E-state index in [4.69, 9.17) is 16.6 Å². The number of fused-ring (bicyclic) bond motifs is 2. The van der Waals surface area contributed by atoms with E-state index in [9.17, 15) is 4.79 Å². The number of carbonyl (C=O) groups excluding carboxylic acids is 1. The zero-order chi connectivity index (χ0) is 17.4. The van der Waals surface area contributed by atoms with Crippen molar-refractivity contribution in [3.05, 3.63) is 69.7 Å². The van der Waals surface area contributed by atoms with Crippen molar-refractivity contribution in [3.8, 4) is 0 Å². The Kier molecular flexibility index (Phi) is 4.23. The van der Waals surface area contributed by atoms with Gasteiger partial charge in [-0.2, -0.15) is 0 Å². The molecule has 0 aliphatic carbocycles. The van der Waals surface area contributed by atoms with E-state index in [0.29, 0.717) is 15.9 Å². The lowest BCUT2D eigenvalue weighted by Crippen LogP contribution is -2.50. The highest BCUT2D eigenvalue weighted by molar-refractivity contribution is 8.13. The first-order valence-electron chi connectivity index (χ1n) is 7.92. The second-order valence-corrected chi connectivity index (χ2v) is 7.25. The van der Waals surface area contributed by atoms with Crippen molar-refractivity contribution < 1.29 is 4.79 Å². The third-order valence-electron chi connectivity index (χ3n) is 3.96. The minimum atomic E-state index is -0.402. The van der Waals surface area contributed by atoms with Crippen LogP contribution in [0, 0.1) is 0 Å². The van der Waals surface area contributed by atoms with E-state index >= 15 is 0 Å². The molecule has 1 N–H and O–H groups in total. The third kappa shape index (κ3) is 2.92. The number of hydrogen-bond donors (Lipinski definition) is 1. The average molecular weight is 371 g/mol. The molecule has 1 amide bonds. The lowest BCUT2D eigenvalue weighted by atomic mass is 10.1. The van der Waals surface area contributed by atoms with Crippen LogP contribution in [0.2, 0.25) is 5.02 Å². The Morgan fingerprint density at radius 3 is 2.72 bits per heavy atom. The fourth-order valence-electron chi connectivity index (χ4n) is 2.88. The third-order valence-corrected chi connectivity index (χ3v) is 4.96. The summed E-state index contributed by atoms with van der Waals surface area (Å²) in [5.41, 5.74) is 1.45. The van der Waals surface area contributed by atoms with Crippen LogP contribution in [-0.2, 0) is 4.79 Å². The lowest BCUT2D eigenvalue weighted by Gasteiger charge is -2.34. The summed E-state index contributed by atoms with van der Waals surface area (Å²) in [4.78, 5) is 17.6. The van der Waals surface area contributed by atoms with Gasteiger partial charge < -0.3 is 0 Å². The van der Waals surface area contributed by atoms with Gasteiger partial charge in [0.05, 0.1) is 5.36 Å². The highest BCUT2D eigenvalue weighted by Crippen LogP contribution is 2.31. The molecule has 0 radical (unpaired) electrons. The topological polar surface area (TPSA) is 57.1 Å². The zero-order valence-corrected chi connectivity index (χ0v) is 15.0. The van der Waals surface area contributed by atoms with Crippen molar-refractivity contribution in [2.24, 2.45) is 10.1 Å². The van der Waals surface area contributed by atoms with Crippen molar-refractivity contribution in [2.75, 3.05) is 5.75 Å². The summed E-state index contributed by atoms with van der Waals surface area (Å²) in [6.07, 6.45) is -0.402. The number of rotatable bonds is 2. The highest BCUT2D eigenvalue weighted by Gasteiger charge is 2.34. The molecule has 4 rings (SSSR count). The van der Waals surface area contributed by atoms with Gasteiger partial charge in [0.15, 0.2) is 11.3 Å². The van der Waals surface area contributed by atoms with Gasteiger partial charge in [-0.05, 0) is 29.5 Å². The van der Waals surface area contributed by atoms with Gasteiger partial charge in [0.25, 0.3) is 5.91 Å². The largest absolute Gasteiger partial charge is 0.298 e. The van der Waals surface area contributed by atoms with Crippen LogP contribution in [0.1, 0.15) is 18.7 Å². The monoisotopic (exact) mass is 370 g/mol. The van der Waals surface area contributed by atoms with Gasteiger partial charge in [-0.3, -0.25) is 15.1 Å². The smallest absolute Gasteiger partial charge is 0.276 e. The summed E-state index contributed by atoms with van der Waals surface area (Å²) in [5, 5.41) is 12.0. The van der Waals surface area contributed by atoms with E-state index in [1.54, 1.807) is 5.01 Å². The van der Waals surface area contributed by atoms with E-state index in [-0.39, 0.29) is 5.91 Å². The second kappa shape index (κ2) is 6.54. The molecule has 2 aromatic carbocycles. The molecule has 0 aromatic heterocycles. The van der Waals surface area contributed by atoms with E-state index in [1.165, 1.54) is 11.8 Å². The van der Waals surface area contributed by atoms with Crippen LogP contribution in [0.3, 0.4) is 0 Å². The van der Waals surface area contributed by atoms with E-state index in [2.05, 4.69) is 10.4 Å². The fraction of sp³-hybridized carbons (Fsp3) is 0.167. The molecule has 0 spiro atoms. The summed E-state index contributed by atoms with van der Waals surface area (Å²) in [6, 6.07) is 15.1. The van der Waals surface area contributed by atoms with Crippen LogP contribution in [0.4, 0.5) is 0 Å². The maximum Gasteiger partial charge on any atom is 0.276 e. The number of benzene rings is 2. The molecule has 25 heavy (non-hydrogen) atoms. The number of thioether (sulfide) groups is 1. The quantitative estimate of drug-likeness (QED) is 0.882. The molecule has 0 saturated heterocycles. The van der Waals surface area contributed by atoms with Crippen molar-refractivity contribution >= 4 is 40.1 Å². The first kappa shape index (κ1) is 16.2. The molecule has 1 atom stereocenters. The first-order chi connectivity index (χ1) is 12.2. The summed E-state index contributed by atoms with van der Waals surface area (Å²) in [6.45, 7) is 2.02. The molecule has 0 saturated carbocycles. The van der Waals surface area contributed by atoms with Crippen LogP contribution < -0.4 is 15.9 Å². The van der Waals surface area contributed by atoms with Crippen molar-refractivity contribution in [3.63, 3.8) is 0 Å². The Balaban J connectivity index is 1.94. The number of hydrazone groups is 1. The summed E-state index contributed by atoms with van der Waals surface area (Å²) in [5.74, 6) is 0.661. The van der Waals surface area contributed by atoms with Gasteiger partial charge in [0.1, 0.15) is 5.70 Å². The summed E-state index contributed by atoms with van der Waals surface area (Å²) in [7, 11) is 0. The van der Waals surface area contributed by atoms with E-state index in [1.807, 2.05) is 55.5 Å². The van der Waals surface area contributed by atoms with Gasteiger partial charge in [0.2, 0.25) is 0 Å². The van der Waals surface area contributed by atoms with E-state index < -0.39 is 6.17 Å². The molecule has 0 bridgehead atoms. The predicted molar refractivity (Wildman–Crippen MR) is 100 cm³/mol. The number of hydrogen-bond acceptors (Lipinski definition) is 5. The molecular formula is C18H15ClN4OS. The van der Waals surface area contributed by atoms with Crippen LogP contribution in [0.15, 0.2) is 58.6 Å². The molecule has 7 heteroatoms. The summed E-state index contributed by atoms with van der Waals surface area (Å²) < 4.78 is 0. The SMILES string of the molecule is CCSC1=NN2C(=c3ccccc3=N[C@H]2c2ccc(Cl)cc2)C(=O)N1. The Bertz CT molecular complexity index is 987. The van der Waals surface area contributed by atoms with Crippen LogP contribution in [-0.4, -0.2) is 21.8 Å². The number of nitrogens with one attached hydrogen (secondary N) is 1. The standard InChI is InChI=1S/C18H15ClN4OS/c1-2-25-18-21-17(24)15-13-5-3-4-6-14(13)20-16(23(15)22-18)11-7-9-12(19)10-8-11/h3-10,16H,2H2,1H3,(H,21,22,24)/t16-/m1/s1. The second-order valence-electron chi connectivity index (χ2n) is 5.56. The fourth-order valence-corrected chi connectivity index (χ4v) is 3.59. The number of para-hydroxylation sites is 1. The average Bonchev–Trinajstić information content (AvgIpc) is 2.62. The van der Waals surface area contributed by atoms with Gasteiger partial charge in [-0.1, -0.05) is 60.6 Å². The molecule has 5 nitrogen and oxygen atoms in total. The number of halogens is 1. The molecule has 0 fully saturated rings. The Hall–Kier alpha value is -2.31. The molecule has 0 unspecified atom stereocenters. The van der Waals surface area contributed by atoms with Crippen molar-refractivity contribution in [1.82, 2.24) is 10.3 Å². The predicted octanol–water partition coefficient (Wildman–Crippen LogP) is 2.24. The summed E-state index contributed by atoms with van der Waals surface area (Å²) >= 11 is 7.51. The van der Waals surface area contributed by atoms with Crippen molar-refractivity contribution in [1.29, 1.82) is 0 Å². The first-order valence-corrected chi connectivity index (χ1v) is 9.28. The van der Waals surface area contributed by atoms with Crippen LogP contribution in [0.5, 0.6) is 0 Å². The van der Waals surface area contributed by atoms with Crippen molar-refractivity contribution in [2.45, 2.75) is 13.1 Å². The number of amides is 1. The highest BCUT2D eigenvalue weighted by atomic mass is 35.5. The van der Waals surface area contributed by atoms with Crippen LogP contribution in [0.25, 0.3) is 5.70 Å². The Morgan fingerprint density at radius 2 is 1.96 bits per heavy atom. The number of carbonyl (C=O) groups is 1.